The summed E-state index contributed by atoms with van der Waals surface area (Å²) in [6.07, 6.45) is 0.211. The molecule has 0 fully saturated rings. The average molecular weight is 182 g/mol. The van der Waals surface area contributed by atoms with E-state index in [0.29, 0.717) is 5.56 Å². The van der Waals surface area contributed by atoms with Gasteiger partial charge in [0.25, 0.3) is 0 Å². The van der Waals surface area contributed by atoms with Crippen molar-refractivity contribution in [2.24, 2.45) is 0 Å². The lowest BCUT2D eigenvalue weighted by Crippen LogP contribution is -1.99. The minimum absolute atomic E-state index is 0.0202. The van der Waals surface area contributed by atoms with Crippen molar-refractivity contribution >= 4 is 5.78 Å². The van der Waals surface area contributed by atoms with Crippen LogP contribution < -0.4 is 0 Å². The van der Waals surface area contributed by atoms with Crippen molar-refractivity contribution in [2.75, 3.05) is 0 Å². The van der Waals surface area contributed by atoms with E-state index in [2.05, 4.69) is 0 Å². The van der Waals surface area contributed by atoms with Crippen molar-refractivity contribution < 1.29 is 14.3 Å². The quantitative estimate of drug-likeness (QED) is 0.759. The molecular weight excluding hydrogens is 171 g/mol. The van der Waals surface area contributed by atoms with Crippen molar-refractivity contribution in [3.05, 3.63) is 29.1 Å². The van der Waals surface area contributed by atoms with E-state index in [1.54, 1.807) is 6.92 Å². The monoisotopic (exact) mass is 182 g/mol. The van der Waals surface area contributed by atoms with Crippen LogP contribution in [0, 0.1) is 12.7 Å². The van der Waals surface area contributed by atoms with Gasteiger partial charge in [-0.3, -0.25) is 4.79 Å². The molecule has 0 aromatic heterocycles. The highest BCUT2D eigenvalue weighted by molar-refractivity contribution is 5.78. The van der Waals surface area contributed by atoms with Gasteiger partial charge in [-0.15, -0.1) is 0 Å². The second-order valence-corrected chi connectivity index (χ2v) is 3.11. The number of carbonyl (C=O) groups excluding carboxylic acids is 1. The zero-order chi connectivity index (χ0) is 10.0. The molecule has 0 amide bonds. The van der Waals surface area contributed by atoms with E-state index in [1.807, 2.05) is 0 Å². The number of halogens is 1. The van der Waals surface area contributed by atoms with Gasteiger partial charge in [0.15, 0.2) is 11.6 Å². The molecule has 2 nitrogen and oxygen atoms in total. The van der Waals surface area contributed by atoms with Crippen LogP contribution in [0.5, 0.6) is 5.75 Å². The summed E-state index contributed by atoms with van der Waals surface area (Å²) in [7, 11) is 0. The first-order chi connectivity index (χ1) is 6.00. The molecule has 0 aliphatic heterocycles. The summed E-state index contributed by atoms with van der Waals surface area (Å²) in [5.74, 6) is -1.07. The Morgan fingerprint density at radius 1 is 1.54 bits per heavy atom. The molecule has 70 valence electrons. The van der Waals surface area contributed by atoms with Crippen LogP contribution >= 0.6 is 0 Å². The maximum atomic E-state index is 12.8. The molecule has 0 aliphatic carbocycles. The van der Waals surface area contributed by atoms with E-state index in [4.69, 9.17) is 5.11 Å². The summed E-state index contributed by atoms with van der Waals surface area (Å²) >= 11 is 0. The zero-order valence-corrected chi connectivity index (χ0v) is 7.60. The summed E-state index contributed by atoms with van der Waals surface area (Å²) < 4.78 is 12.8. The van der Waals surface area contributed by atoms with E-state index >= 15 is 0 Å². The standard InChI is InChI=1S/C10H11FO2/c1-6-3-10(13)9(11)5-8(6)4-7(2)12/h3,5,13H,4H2,1-2H3. The highest BCUT2D eigenvalue weighted by Gasteiger charge is 2.07. The average Bonchev–Trinajstić information content (AvgIpc) is 1.99. The first kappa shape index (κ1) is 9.71. The molecule has 13 heavy (non-hydrogen) atoms. The minimum atomic E-state index is -0.679. The molecule has 1 aromatic rings. The highest BCUT2D eigenvalue weighted by Crippen LogP contribution is 2.20. The van der Waals surface area contributed by atoms with Crippen LogP contribution in [0.2, 0.25) is 0 Å². The van der Waals surface area contributed by atoms with Crippen LogP contribution in [-0.2, 0) is 11.2 Å². The molecule has 0 unspecified atom stereocenters. The van der Waals surface area contributed by atoms with Gasteiger partial charge in [-0.1, -0.05) is 0 Å². The lowest BCUT2D eigenvalue weighted by atomic mass is 10.0. The van der Waals surface area contributed by atoms with Crippen molar-refractivity contribution in [2.45, 2.75) is 20.3 Å². The number of Topliss-reactive ketones (excluding diaryl/α,β-unsaturated/α-hetero) is 1. The summed E-state index contributed by atoms with van der Waals surface area (Å²) in [5, 5.41) is 9.00. The molecule has 0 aliphatic rings. The fourth-order valence-electron chi connectivity index (χ4n) is 1.17. The number of carbonyl (C=O) groups is 1. The SMILES string of the molecule is CC(=O)Cc1cc(F)c(O)cc1C. The number of aromatic hydroxyl groups is 1. The fraction of sp³-hybridized carbons (Fsp3) is 0.300. The van der Waals surface area contributed by atoms with Gasteiger partial charge in [0.05, 0.1) is 0 Å². The molecule has 0 bridgehead atoms. The van der Waals surface area contributed by atoms with Gasteiger partial charge >= 0.3 is 0 Å². The third-order valence-corrected chi connectivity index (χ3v) is 1.84. The van der Waals surface area contributed by atoms with Crippen LogP contribution in [0.3, 0.4) is 0 Å². The predicted molar refractivity (Wildman–Crippen MR) is 47.2 cm³/mol. The van der Waals surface area contributed by atoms with Gasteiger partial charge < -0.3 is 5.11 Å². The lowest BCUT2D eigenvalue weighted by molar-refractivity contribution is -0.116. The van der Waals surface area contributed by atoms with Crippen molar-refractivity contribution in [1.29, 1.82) is 0 Å². The Morgan fingerprint density at radius 2 is 2.15 bits per heavy atom. The number of ketones is 1. The van der Waals surface area contributed by atoms with Crippen molar-refractivity contribution in [3.63, 3.8) is 0 Å². The Bertz CT molecular complexity index is 345. The van der Waals surface area contributed by atoms with Crippen LogP contribution in [0.1, 0.15) is 18.1 Å². The minimum Gasteiger partial charge on any atom is -0.505 e. The summed E-state index contributed by atoms with van der Waals surface area (Å²) in [6.45, 7) is 3.18. The van der Waals surface area contributed by atoms with E-state index in [1.165, 1.54) is 19.1 Å². The number of phenols is 1. The predicted octanol–water partition coefficient (Wildman–Crippen LogP) is 1.97. The van der Waals surface area contributed by atoms with Gasteiger partial charge in [-0.2, -0.15) is 0 Å². The molecule has 0 spiro atoms. The molecule has 0 heterocycles. The highest BCUT2D eigenvalue weighted by atomic mass is 19.1. The molecule has 1 rings (SSSR count). The van der Waals surface area contributed by atoms with E-state index in [-0.39, 0.29) is 18.0 Å². The molecule has 0 atom stereocenters. The largest absolute Gasteiger partial charge is 0.505 e. The second-order valence-electron chi connectivity index (χ2n) is 3.11. The van der Waals surface area contributed by atoms with Crippen molar-refractivity contribution in [3.8, 4) is 5.75 Å². The Morgan fingerprint density at radius 3 is 2.69 bits per heavy atom. The molecule has 1 aromatic carbocycles. The Hall–Kier alpha value is -1.38. The molecular formula is C10H11FO2. The lowest BCUT2D eigenvalue weighted by Gasteiger charge is -2.04. The Kier molecular flexibility index (Phi) is 2.66. The van der Waals surface area contributed by atoms with E-state index < -0.39 is 5.82 Å². The first-order valence-electron chi connectivity index (χ1n) is 3.98. The smallest absolute Gasteiger partial charge is 0.165 e. The van der Waals surface area contributed by atoms with E-state index in [9.17, 15) is 9.18 Å². The van der Waals surface area contributed by atoms with Gasteiger partial charge in [0.2, 0.25) is 0 Å². The summed E-state index contributed by atoms with van der Waals surface area (Å²) in [6, 6.07) is 2.53. The third kappa shape index (κ3) is 2.28. The normalized spacial score (nSPS) is 10.1. The summed E-state index contributed by atoms with van der Waals surface area (Å²) in [5.41, 5.74) is 1.36. The second kappa shape index (κ2) is 3.56. The fourth-order valence-corrected chi connectivity index (χ4v) is 1.17. The number of benzene rings is 1. The maximum Gasteiger partial charge on any atom is 0.165 e. The number of aryl methyl sites for hydroxylation is 1. The Balaban J connectivity index is 3.08. The molecule has 3 heteroatoms. The van der Waals surface area contributed by atoms with Crippen LogP contribution in [-0.4, -0.2) is 10.9 Å². The van der Waals surface area contributed by atoms with Crippen LogP contribution in [0.25, 0.3) is 0 Å². The number of rotatable bonds is 2. The van der Waals surface area contributed by atoms with Crippen molar-refractivity contribution in [1.82, 2.24) is 0 Å². The summed E-state index contributed by atoms with van der Waals surface area (Å²) in [4.78, 5) is 10.8. The number of phenolic OH excluding ortho intramolecular Hbond substituents is 1. The molecule has 0 saturated heterocycles. The maximum absolute atomic E-state index is 12.8. The van der Waals surface area contributed by atoms with Crippen LogP contribution in [0.4, 0.5) is 4.39 Å². The van der Waals surface area contributed by atoms with Gasteiger partial charge in [-0.05, 0) is 37.1 Å². The van der Waals surface area contributed by atoms with Gasteiger partial charge in [0, 0.05) is 6.42 Å². The zero-order valence-electron chi connectivity index (χ0n) is 7.60. The third-order valence-electron chi connectivity index (χ3n) is 1.84. The number of hydrogen-bond acceptors (Lipinski definition) is 2. The number of hydrogen-bond donors (Lipinski definition) is 1. The van der Waals surface area contributed by atoms with Gasteiger partial charge in [-0.25, -0.2) is 4.39 Å². The molecule has 0 radical (unpaired) electrons. The molecule has 1 N–H and O–H groups in total. The Labute approximate surface area is 76.0 Å². The van der Waals surface area contributed by atoms with Gasteiger partial charge in [0.1, 0.15) is 5.78 Å². The first-order valence-corrected chi connectivity index (χ1v) is 3.98. The van der Waals surface area contributed by atoms with E-state index in [0.717, 1.165) is 5.56 Å². The topological polar surface area (TPSA) is 37.3 Å². The van der Waals surface area contributed by atoms with Crippen LogP contribution in [0.15, 0.2) is 12.1 Å². The molecule has 0 saturated carbocycles.